The van der Waals surface area contributed by atoms with E-state index in [9.17, 15) is 5.11 Å². The maximum atomic E-state index is 9.52. The van der Waals surface area contributed by atoms with E-state index in [-0.39, 0.29) is 11.6 Å². The molecule has 0 spiro atoms. The van der Waals surface area contributed by atoms with Crippen molar-refractivity contribution >= 4 is 0 Å². The van der Waals surface area contributed by atoms with Crippen LogP contribution < -0.4 is 5.73 Å². The molecule has 3 nitrogen and oxygen atoms in total. The topological polar surface area (TPSA) is 49.5 Å². The molecular formula is C15H22N2O. The monoisotopic (exact) mass is 246 g/mol. The van der Waals surface area contributed by atoms with Gasteiger partial charge in [-0.15, -0.1) is 0 Å². The molecule has 98 valence electrons. The predicted molar refractivity (Wildman–Crippen MR) is 72.0 cm³/mol. The zero-order valence-corrected chi connectivity index (χ0v) is 10.8. The average Bonchev–Trinajstić information content (AvgIpc) is 2.77. The summed E-state index contributed by atoms with van der Waals surface area (Å²) in [5.74, 6) is 0. The lowest BCUT2D eigenvalue weighted by Gasteiger charge is -2.49. The van der Waals surface area contributed by atoms with Crippen molar-refractivity contribution in [2.75, 3.05) is 6.54 Å². The number of aliphatic hydroxyl groups is 1. The van der Waals surface area contributed by atoms with Crippen LogP contribution in [0.1, 0.15) is 31.2 Å². The van der Waals surface area contributed by atoms with E-state index in [2.05, 4.69) is 35.2 Å². The second-order valence-electron chi connectivity index (χ2n) is 5.91. The van der Waals surface area contributed by atoms with E-state index in [1.807, 2.05) is 0 Å². The average molecular weight is 246 g/mol. The van der Waals surface area contributed by atoms with Crippen LogP contribution in [0.5, 0.6) is 0 Å². The molecule has 3 N–H and O–H groups in total. The third-order valence-corrected chi connectivity index (χ3v) is 4.49. The second kappa shape index (κ2) is 4.65. The summed E-state index contributed by atoms with van der Waals surface area (Å²) in [5.41, 5.74) is 7.65. The van der Waals surface area contributed by atoms with Crippen molar-refractivity contribution in [3.63, 3.8) is 0 Å². The molecule has 3 heteroatoms. The molecule has 3 rings (SSSR count). The van der Waals surface area contributed by atoms with E-state index in [1.54, 1.807) is 0 Å². The van der Waals surface area contributed by atoms with Crippen LogP contribution >= 0.6 is 0 Å². The second-order valence-corrected chi connectivity index (χ2v) is 5.91. The summed E-state index contributed by atoms with van der Waals surface area (Å²) in [7, 11) is 0. The first-order valence-corrected chi connectivity index (χ1v) is 6.92. The molecule has 1 aromatic carbocycles. The zero-order chi connectivity index (χ0) is 12.6. The minimum Gasteiger partial charge on any atom is -0.393 e. The van der Waals surface area contributed by atoms with Crippen molar-refractivity contribution in [3.8, 4) is 0 Å². The van der Waals surface area contributed by atoms with Gasteiger partial charge in [-0.1, -0.05) is 30.3 Å². The summed E-state index contributed by atoms with van der Waals surface area (Å²) in [6.45, 7) is 2.12. The van der Waals surface area contributed by atoms with Gasteiger partial charge in [-0.3, -0.25) is 4.90 Å². The van der Waals surface area contributed by atoms with Crippen molar-refractivity contribution in [2.24, 2.45) is 5.73 Å². The third kappa shape index (κ3) is 2.18. The lowest BCUT2D eigenvalue weighted by atomic mass is 9.69. The van der Waals surface area contributed by atoms with Crippen molar-refractivity contribution in [3.05, 3.63) is 35.9 Å². The van der Waals surface area contributed by atoms with Gasteiger partial charge < -0.3 is 10.8 Å². The predicted octanol–water partition coefficient (Wildman–Crippen LogP) is 1.50. The minimum atomic E-state index is -0.172. The van der Waals surface area contributed by atoms with Crippen molar-refractivity contribution < 1.29 is 5.11 Å². The summed E-state index contributed by atoms with van der Waals surface area (Å²) in [6, 6.07) is 11.0. The number of benzene rings is 1. The molecule has 1 aliphatic carbocycles. The molecule has 1 saturated carbocycles. The molecule has 0 amide bonds. The van der Waals surface area contributed by atoms with Crippen molar-refractivity contribution in [1.29, 1.82) is 0 Å². The third-order valence-electron chi connectivity index (χ3n) is 4.49. The Labute approximate surface area is 109 Å². The SMILES string of the molecule is NC1(C2CCCN2Cc2ccccc2)CC(O)C1. The van der Waals surface area contributed by atoms with Gasteiger partial charge >= 0.3 is 0 Å². The molecule has 1 saturated heterocycles. The van der Waals surface area contributed by atoms with Gasteiger partial charge in [0.05, 0.1) is 6.10 Å². The Bertz CT molecular complexity index is 400. The lowest BCUT2D eigenvalue weighted by molar-refractivity contribution is -0.0202. The Balaban J connectivity index is 1.68. The standard InChI is InChI=1S/C15H22N2O/c16-15(9-13(18)10-15)14-7-4-8-17(14)11-12-5-2-1-3-6-12/h1-3,5-6,13-14,18H,4,7-11,16H2. The van der Waals surface area contributed by atoms with Crippen molar-refractivity contribution in [1.82, 2.24) is 4.90 Å². The smallest absolute Gasteiger partial charge is 0.0576 e. The fraction of sp³-hybridized carbons (Fsp3) is 0.600. The molecule has 1 aliphatic heterocycles. The quantitative estimate of drug-likeness (QED) is 0.850. The van der Waals surface area contributed by atoms with Gasteiger partial charge in [-0.2, -0.15) is 0 Å². The Morgan fingerprint density at radius 2 is 2.00 bits per heavy atom. The number of likely N-dealkylation sites (tertiary alicyclic amines) is 1. The lowest BCUT2D eigenvalue weighted by Crippen LogP contribution is -2.65. The first-order valence-electron chi connectivity index (χ1n) is 6.92. The highest BCUT2D eigenvalue weighted by atomic mass is 16.3. The van der Waals surface area contributed by atoms with Crippen molar-refractivity contribution in [2.45, 2.75) is 49.9 Å². The minimum absolute atomic E-state index is 0.148. The van der Waals surface area contributed by atoms with Crippen LogP contribution in [-0.2, 0) is 6.54 Å². The van der Waals surface area contributed by atoms with E-state index in [1.165, 1.54) is 18.4 Å². The highest BCUT2D eigenvalue weighted by molar-refractivity contribution is 5.16. The summed E-state index contributed by atoms with van der Waals surface area (Å²) in [6.07, 6.45) is 3.77. The molecule has 1 aromatic rings. The molecule has 2 aliphatic rings. The van der Waals surface area contributed by atoms with E-state index in [0.29, 0.717) is 6.04 Å². The molecule has 0 bridgehead atoms. The number of hydrogen-bond acceptors (Lipinski definition) is 3. The molecule has 1 atom stereocenters. The highest BCUT2D eigenvalue weighted by Gasteiger charge is 2.49. The number of nitrogens with two attached hydrogens (primary N) is 1. The van der Waals surface area contributed by atoms with E-state index >= 15 is 0 Å². The first-order chi connectivity index (χ1) is 8.67. The van der Waals surface area contributed by atoms with Crippen LogP contribution in [-0.4, -0.2) is 34.2 Å². The van der Waals surface area contributed by atoms with E-state index < -0.39 is 0 Å². The molecule has 1 heterocycles. The molecular weight excluding hydrogens is 224 g/mol. The van der Waals surface area contributed by atoms with Gasteiger partial charge in [0, 0.05) is 18.1 Å². The van der Waals surface area contributed by atoms with Gasteiger partial charge in [0.2, 0.25) is 0 Å². The van der Waals surface area contributed by atoms with Crippen LogP contribution in [0.2, 0.25) is 0 Å². The summed E-state index contributed by atoms with van der Waals surface area (Å²) < 4.78 is 0. The van der Waals surface area contributed by atoms with Gasteiger partial charge in [-0.05, 0) is 37.8 Å². The Hall–Kier alpha value is -0.900. The fourth-order valence-electron chi connectivity index (χ4n) is 3.57. The molecule has 0 radical (unpaired) electrons. The van der Waals surface area contributed by atoms with Crippen LogP contribution in [0.25, 0.3) is 0 Å². The Kier molecular flexibility index (Phi) is 3.14. The maximum Gasteiger partial charge on any atom is 0.0576 e. The van der Waals surface area contributed by atoms with Crippen LogP contribution in [0.15, 0.2) is 30.3 Å². The number of aliphatic hydroxyl groups excluding tert-OH is 1. The van der Waals surface area contributed by atoms with Gasteiger partial charge in [0.1, 0.15) is 0 Å². The summed E-state index contributed by atoms with van der Waals surface area (Å²) in [5, 5.41) is 9.52. The highest BCUT2D eigenvalue weighted by Crippen LogP contribution is 2.39. The maximum absolute atomic E-state index is 9.52. The number of nitrogens with zero attached hydrogens (tertiary/aromatic N) is 1. The number of hydrogen-bond donors (Lipinski definition) is 2. The molecule has 1 unspecified atom stereocenters. The Morgan fingerprint density at radius 3 is 2.67 bits per heavy atom. The summed E-state index contributed by atoms with van der Waals surface area (Å²) in [4.78, 5) is 2.50. The zero-order valence-electron chi connectivity index (χ0n) is 10.8. The largest absolute Gasteiger partial charge is 0.393 e. The van der Waals surface area contributed by atoms with Gasteiger partial charge in [0.15, 0.2) is 0 Å². The molecule has 18 heavy (non-hydrogen) atoms. The van der Waals surface area contributed by atoms with E-state index in [0.717, 1.165) is 25.9 Å². The molecule has 2 fully saturated rings. The normalized spacial score (nSPS) is 36.6. The molecule has 0 aromatic heterocycles. The van der Waals surface area contributed by atoms with Gasteiger partial charge in [-0.25, -0.2) is 0 Å². The van der Waals surface area contributed by atoms with Crippen LogP contribution in [0.4, 0.5) is 0 Å². The van der Waals surface area contributed by atoms with Crippen LogP contribution in [0.3, 0.4) is 0 Å². The van der Waals surface area contributed by atoms with E-state index in [4.69, 9.17) is 5.73 Å². The summed E-state index contributed by atoms with van der Waals surface area (Å²) >= 11 is 0. The van der Waals surface area contributed by atoms with Crippen LogP contribution in [0, 0.1) is 0 Å². The Morgan fingerprint density at radius 1 is 1.28 bits per heavy atom. The fourth-order valence-corrected chi connectivity index (χ4v) is 3.57. The first kappa shape index (κ1) is 12.2. The van der Waals surface area contributed by atoms with Gasteiger partial charge in [0.25, 0.3) is 0 Å². The number of rotatable bonds is 3.